The molecule has 0 bridgehead atoms. The number of pyridine rings is 1. The van der Waals surface area contributed by atoms with Crippen LogP contribution < -0.4 is 15.0 Å². The van der Waals surface area contributed by atoms with Crippen LogP contribution in [-0.2, 0) is 13.1 Å². The van der Waals surface area contributed by atoms with Crippen LogP contribution in [0, 0.1) is 17.2 Å². The van der Waals surface area contributed by atoms with Crippen molar-refractivity contribution in [2.45, 2.75) is 25.9 Å². The second kappa shape index (κ2) is 8.05. The van der Waals surface area contributed by atoms with E-state index in [1.165, 1.54) is 12.8 Å². The van der Waals surface area contributed by atoms with E-state index in [2.05, 4.69) is 15.9 Å². The summed E-state index contributed by atoms with van der Waals surface area (Å²) in [5.74, 6) is 0.675. The molecular weight excluding hydrogens is 390 g/mol. The number of fused-ring (bicyclic) bond motifs is 1. The van der Waals surface area contributed by atoms with Gasteiger partial charge in [0.1, 0.15) is 11.6 Å². The van der Waals surface area contributed by atoms with Crippen LogP contribution in [0.25, 0.3) is 5.65 Å². The lowest BCUT2D eigenvalue weighted by atomic mass is 10.1. The minimum Gasteiger partial charge on any atom is -0.477 e. The summed E-state index contributed by atoms with van der Waals surface area (Å²) in [4.78, 5) is 17.6. The fraction of sp³-hybridized carbons (Fsp3) is 0.375. The SMILES string of the molecule is N#Cc1ccccc1N1CCN(Cc2c(O)[n+](CC3CC3)c3ccccn3c2=O)CC1. The van der Waals surface area contributed by atoms with Gasteiger partial charge in [-0.05, 0) is 37.0 Å². The van der Waals surface area contributed by atoms with E-state index in [1.807, 2.05) is 47.0 Å². The third-order valence-corrected chi connectivity index (χ3v) is 6.37. The highest BCUT2D eigenvalue weighted by Crippen LogP contribution is 2.30. The van der Waals surface area contributed by atoms with Gasteiger partial charge in [-0.2, -0.15) is 14.2 Å². The second-order valence-corrected chi connectivity index (χ2v) is 8.48. The summed E-state index contributed by atoms with van der Waals surface area (Å²) < 4.78 is 3.55. The smallest absolute Gasteiger partial charge is 0.350 e. The van der Waals surface area contributed by atoms with E-state index < -0.39 is 0 Å². The van der Waals surface area contributed by atoms with Gasteiger partial charge in [-0.15, -0.1) is 0 Å². The Morgan fingerprint density at radius 3 is 2.55 bits per heavy atom. The number of rotatable bonds is 5. The molecule has 2 fully saturated rings. The molecule has 1 aromatic carbocycles. The molecule has 1 saturated carbocycles. The van der Waals surface area contributed by atoms with Crippen molar-refractivity contribution in [3.05, 3.63) is 70.1 Å². The molecule has 31 heavy (non-hydrogen) atoms. The van der Waals surface area contributed by atoms with Gasteiger partial charge in [0.05, 0.1) is 24.0 Å². The summed E-state index contributed by atoms with van der Waals surface area (Å²) in [6, 6.07) is 15.6. The van der Waals surface area contributed by atoms with Gasteiger partial charge in [0.2, 0.25) is 0 Å². The Morgan fingerprint density at radius 2 is 1.81 bits per heavy atom. The van der Waals surface area contributed by atoms with Crippen molar-refractivity contribution in [1.82, 2.24) is 9.30 Å². The van der Waals surface area contributed by atoms with Gasteiger partial charge in [0, 0.05) is 38.8 Å². The predicted octanol–water partition coefficient (Wildman–Crippen LogP) is 1.90. The molecule has 1 aliphatic heterocycles. The highest BCUT2D eigenvalue weighted by molar-refractivity contribution is 5.59. The highest BCUT2D eigenvalue weighted by Gasteiger charge is 2.31. The largest absolute Gasteiger partial charge is 0.477 e. The first-order valence-electron chi connectivity index (χ1n) is 10.9. The van der Waals surface area contributed by atoms with Crippen molar-refractivity contribution in [3.8, 4) is 11.9 Å². The van der Waals surface area contributed by atoms with E-state index in [9.17, 15) is 15.2 Å². The molecular formula is C24H26N5O2+. The molecule has 1 aliphatic carbocycles. The first kappa shape index (κ1) is 19.6. The number of para-hydroxylation sites is 1. The van der Waals surface area contributed by atoms with Gasteiger partial charge in [-0.1, -0.05) is 18.2 Å². The van der Waals surface area contributed by atoms with Gasteiger partial charge < -0.3 is 10.0 Å². The predicted molar refractivity (Wildman–Crippen MR) is 117 cm³/mol. The molecule has 2 aliphatic rings. The molecule has 0 spiro atoms. The van der Waals surface area contributed by atoms with Crippen LogP contribution in [-0.4, -0.2) is 40.6 Å². The summed E-state index contributed by atoms with van der Waals surface area (Å²) in [5.41, 5.74) is 2.68. The van der Waals surface area contributed by atoms with Crippen LogP contribution >= 0.6 is 0 Å². The van der Waals surface area contributed by atoms with Gasteiger partial charge in [0.25, 0.3) is 11.5 Å². The fourth-order valence-electron chi connectivity index (χ4n) is 4.43. The first-order valence-corrected chi connectivity index (χ1v) is 10.9. The molecule has 5 rings (SSSR count). The maximum atomic E-state index is 13.2. The van der Waals surface area contributed by atoms with Gasteiger partial charge in [-0.3, -0.25) is 4.90 Å². The van der Waals surface area contributed by atoms with Crippen LogP contribution in [0.1, 0.15) is 24.0 Å². The molecule has 1 saturated heterocycles. The topological polar surface area (TPSA) is 75.9 Å². The van der Waals surface area contributed by atoms with Crippen molar-refractivity contribution in [2.75, 3.05) is 31.1 Å². The van der Waals surface area contributed by atoms with Crippen LogP contribution in [0.3, 0.4) is 0 Å². The van der Waals surface area contributed by atoms with Crippen molar-refractivity contribution < 1.29 is 9.67 Å². The van der Waals surface area contributed by atoms with Gasteiger partial charge in [0.15, 0.2) is 0 Å². The molecule has 3 heterocycles. The monoisotopic (exact) mass is 416 g/mol. The Balaban J connectivity index is 1.39. The Kier molecular flexibility index (Phi) is 5.08. The zero-order chi connectivity index (χ0) is 21.4. The number of anilines is 1. The summed E-state index contributed by atoms with van der Waals surface area (Å²) in [5, 5.41) is 20.4. The molecule has 3 aromatic rings. The number of hydrogen-bond donors (Lipinski definition) is 1. The second-order valence-electron chi connectivity index (χ2n) is 8.48. The van der Waals surface area contributed by atoms with Crippen molar-refractivity contribution in [2.24, 2.45) is 5.92 Å². The number of nitriles is 1. The first-order chi connectivity index (χ1) is 15.2. The highest BCUT2D eigenvalue weighted by atomic mass is 16.3. The normalized spacial score (nSPS) is 17.1. The van der Waals surface area contributed by atoms with E-state index in [4.69, 9.17) is 0 Å². The summed E-state index contributed by atoms with van der Waals surface area (Å²) >= 11 is 0. The minimum atomic E-state index is -0.155. The van der Waals surface area contributed by atoms with Crippen molar-refractivity contribution >= 4 is 11.3 Å². The van der Waals surface area contributed by atoms with Crippen molar-refractivity contribution in [3.63, 3.8) is 0 Å². The van der Waals surface area contributed by atoms with Gasteiger partial charge >= 0.3 is 5.56 Å². The average molecular weight is 417 g/mol. The summed E-state index contributed by atoms with van der Waals surface area (Å²) in [6.07, 6.45) is 4.12. The Hall–Kier alpha value is -3.37. The lowest BCUT2D eigenvalue weighted by Crippen LogP contribution is -2.48. The van der Waals surface area contributed by atoms with E-state index in [0.29, 0.717) is 23.6 Å². The zero-order valence-electron chi connectivity index (χ0n) is 17.4. The molecule has 7 nitrogen and oxygen atoms in total. The molecule has 7 heteroatoms. The number of piperazine rings is 1. The summed E-state index contributed by atoms with van der Waals surface area (Å²) in [6.45, 7) is 4.23. The van der Waals surface area contributed by atoms with Crippen LogP contribution in [0.2, 0.25) is 0 Å². The van der Waals surface area contributed by atoms with Crippen LogP contribution in [0.5, 0.6) is 5.88 Å². The molecule has 0 unspecified atom stereocenters. The van der Waals surface area contributed by atoms with E-state index in [1.54, 1.807) is 10.6 Å². The third kappa shape index (κ3) is 3.75. The van der Waals surface area contributed by atoms with Crippen LogP contribution in [0.15, 0.2) is 53.5 Å². The lowest BCUT2D eigenvalue weighted by molar-refractivity contribution is -0.684. The fourth-order valence-corrected chi connectivity index (χ4v) is 4.43. The molecule has 0 amide bonds. The van der Waals surface area contributed by atoms with Crippen LogP contribution in [0.4, 0.5) is 5.69 Å². The number of nitrogens with zero attached hydrogens (tertiary/aromatic N) is 5. The standard InChI is InChI=1S/C24H25N5O2/c25-15-19-5-1-2-6-21(19)27-13-11-26(12-14-27)17-20-23(30)28-10-4-3-7-22(28)29(24(20)31)16-18-8-9-18/h1-7,10,18H,8-9,11-14,16-17H2/p+1. The molecule has 0 radical (unpaired) electrons. The number of benzene rings is 1. The Bertz CT molecular complexity index is 1220. The summed E-state index contributed by atoms with van der Waals surface area (Å²) in [7, 11) is 0. The Labute approximate surface area is 181 Å². The average Bonchev–Trinajstić information content (AvgIpc) is 3.64. The molecule has 0 atom stereocenters. The van der Waals surface area contributed by atoms with Crippen molar-refractivity contribution in [1.29, 1.82) is 5.26 Å². The van der Waals surface area contributed by atoms with E-state index in [-0.39, 0.29) is 11.4 Å². The number of hydrogen-bond acceptors (Lipinski definition) is 5. The van der Waals surface area contributed by atoms with E-state index >= 15 is 0 Å². The zero-order valence-corrected chi connectivity index (χ0v) is 17.4. The maximum Gasteiger partial charge on any atom is 0.350 e. The van der Waals surface area contributed by atoms with Gasteiger partial charge in [-0.25, -0.2) is 4.79 Å². The van der Waals surface area contributed by atoms with E-state index in [0.717, 1.165) is 44.1 Å². The lowest BCUT2D eigenvalue weighted by Gasteiger charge is -2.36. The maximum absolute atomic E-state index is 13.2. The quantitative estimate of drug-likeness (QED) is 0.643. The minimum absolute atomic E-state index is 0.0976. The number of aromatic hydroxyl groups is 1. The molecule has 1 N–H and O–H groups in total. The number of aromatic nitrogens is 2. The Morgan fingerprint density at radius 1 is 1.06 bits per heavy atom. The molecule has 158 valence electrons. The molecule has 2 aromatic heterocycles. The third-order valence-electron chi connectivity index (χ3n) is 6.37.